The summed E-state index contributed by atoms with van der Waals surface area (Å²) in [6.45, 7) is -5.66. The van der Waals surface area contributed by atoms with E-state index in [4.69, 9.17) is 18.4 Å². The molecule has 2 aromatic carbocycles. The van der Waals surface area contributed by atoms with Gasteiger partial charge in [-0.25, -0.2) is 0 Å². The number of H-pyrrole nitrogens is 1. The van der Waals surface area contributed by atoms with Gasteiger partial charge >= 0.3 is 0 Å². The van der Waals surface area contributed by atoms with Crippen molar-refractivity contribution in [2.24, 2.45) is 0 Å². The van der Waals surface area contributed by atoms with Crippen LogP contribution in [0.2, 0.25) is 0 Å². The summed E-state index contributed by atoms with van der Waals surface area (Å²) in [5, 5.41) is 10.0. The number of aromatic nitrogens is 1. The first-order valence-electron chi connectivity index (χ1n) is 17.0. The van der Waals surface area contributed by atoms with Crippen molar-refractivity contribution >= 4 is 22.4 Å². The van der Waals surface area contributed by atoms with Gasteiger partial charge in [0.15, 0.2) is 5.78 Å². The topological polar surface area (TPSA) is 72.4 Å². The van der Waals surface area contributed by atoms with Gasteiger partial charge < -0.3 is 14.6 Å². The van der Waals surface area contributed by atoms with E-state index < -0.39 is 69.9 Å². The number of nitrogens with one attached hydrogen (secondary N) is 1. The van der Waals surface area contributed by atoms with Crippen molar-refractivity contribution in [1.82, 2.24) is 9.88 Å². The first-order chi connectivity index (χ1) is 21.0. The summed E-state index contributed by atoms with van der Waals surface area (Å²) in [6.07, 6.45) is -3.10. The summed E-state index contributed by atoms with van der Waals surface area (Å²) in [5.41, 5.74) is 1.52. The number of carbonyl (C=O) groups is 1. The lowest BCUT2D eigenvalue weighted by Crippen LogP contribution is -2.49. The summed E-state index contributed by atoms with van der Waals surface area (Å²) in [7, 11) is 0. The van der Waals surface area contributed by atoms with Crippen LogP contribution >= 0.6 is 0 Å². The van der Waals surface area contributed by atoms with E-state index in [2.05, 4.69) is 11.1 Å². The predicted octanol–water partition coefficient (Wildman–Crippen LogP) is 4.77. The molecule has 0 spiro atoms. The Kier molecular flexibility index (Phi) is 3.54. The van der Waals surface area contributed by atoms with Gasteiger partial charge in [0.2, 0.25) is 0 Å². The van der Waals surface area contributed by atoms with Crippen LogP contribution in [0.15, 0.2) is 30.3 Å². The lowest BCUT2D eigenvalue weighted by Gasteiger charge is -2.42. The summed E-state index contributed by atoms with van der Waals surface area (Å²) in [5.74, 6) is -0.376. The van der Waals surface area contributed by atoms with Gasteiger partial charge in [0, 0.05) is 79.0 Å². The first-order valence-corrected chi connectivity index (χ1v) is 12.0. The molecule has 1 aliphatic carbocycles. The molecule has 2 fully saturated rings. The van der Waals surface area contributed by atoms with Crippen LogP contribution in [-0.4, -0.2) is 60.9 Å². The minimum Gasteiger partial charge on any atom is -0.379 e. The van der Waals surface area contributed by atoms with E-state index in [1.54, 1.807) is 18.2 Å². The number of ether oxygens (including phenoxy) is 1. The molecule has 3 heterocycles. The summed E-state index contributed by atoms with van der Waals surface area (Å²) >= 11 is 0. The number of nitriles is 1. The first kappa shape index (κ1) is 14.6. The minimum atomic E-state index is -2.53. The highest BCUT2D eigenvalue weighted by atomic mass is 16.5. The average Bonchev–Trinajstić information content (AvgIpc) is 3.28. The summed E-state index contributed by atoms with van der Waals surface area (Å²) in [6, 6.07) is 8.74. The van der Waals surface area contributed by atoms with Crippen molar-refractivity contribution in [1.29, 1.82) is 5.26 Å². The third-order valence-corrected chi connectivity index (χ3v) is 7.35. The van der Waals surface area contributed by atoms with E-state index in [0.717, 1.165) is 9.80 Å². The number of aryl methyl sites for hydroxylation is 1. The standard InChI is InChI=1S/C30H34N4O2/c1-4-20-16-23-24(17-26(20)34-9-7-21(8-10-34)33-11-13-36-14-12-33)30(2,3)29-27(28(23)35)22-6-5-19(18-31)15-25(22)32-29/h5-6,15-17,21,32H,4,7-14H2,1-3H3/i4D2,9D2,10D2,11D2,12D2. The molecule has 0 unspecified atom stereocenters. The second kappa shape index (κ2) is 8.76. The summed E-state index contributed by atoms with van der Waals surface area (Å²) < 4.78 is 92.7. The lowest BCUT2D eigenvalue weighted by atomic mass is 9.70. The Balaban J connectivity index is 1.52. The van der Waals surface area contributed by atoms with E-state index in [1.807, 2.05) is 13.8 Å². The molecule has 3 aliphatic rings. The number of nitrogens with zero attached hydrogens (tertiary/aromatic N) is 3. The number of fused-ring (bicyclic) bond motifs is 4. The van der Waals surface area contributed by atoms with Crippen molar-refractivity contribution in [3.8, 4) is 6.07 Å². The fourth-order valence-corrected chi connectivity index (χ4v) is 5.39. The van der Waals surface area contributed by atoms with Crippen LogP contribution < -0.4 is 4.90 Å². The zero-order valence-corrected chi connectivity index (χ0v) is 20.5. The largest absolute Gasteiger partial charge is 0.379 e. The van der Waals surface area contributed by atoms with Crippen molar-refractivity contribution in [2.75, 3.05) is 44.1 Å². The number of anilines is 1. The summed E-state index contributed by atoms with van der Waals surface area (Å²) in [4.78, 5) is 19.2. The molecule has 2 aliphatic heterocycles. The smallest absolute Gasteiger partial charge is 0.195 e. The zero-order valence-electron chi connectivity index (χ0n) is 30.5. The van der Waals surface area contributed by atoms with Gasteiger partial charge in [-0.3, -0.25) is 9.69 Å². The molecule has 1 N–H and O–H groups in total. The number of ketones is 1. The van der Waals surface area contributed by atoms with Crippen molar-refractivity contribution in [3.05, 3.63) is 63.8 Å². The van der Waals surface area contributed by atoms with Crippen LogP contribution in [0.25, 0.3) is 10.9 Å². The molecule has 6 heteroatoms. The Bertz CT molecular complexity index is 1790. The van der Waals surface area contributed by atoms with Crippen molar-refractivity contribution in [3.63, 3.8) is 0 Å². The number of benzene rings is 2. The molecule has 0 saturated carbocycles. The van der Waals surface area contributed by atoms with E-state index >= 15 is 0 Å². The number of piperidine rings is 1. The fourth-order valence-electron chi connectivity index (χ4n) is 5.39. The number of rotatable bonds is 3. The monoisotopic (exact) mass is 492 g/mol. The molecule has 36 heavy (non-hydrogen) atoms. The maximum absolute atomic E-state index is 14.1. The van der Waals surface area contributed by atoms with Gasteiger partial charge in [0.05, 0.1) is 30.4 Å². The fraction of sp³-hybridized carbons (Fsp3) is 0.467. The maximum Gasteiger partial charge on any atom is 0.195 e. The molecule has 3 aromatic rings. The van der Waals surface area contributed by atoms with E-state index in [9.17, 15) is 10.1 Å². The molecular formula is C30H34N4O2. The second-order valence-electron chi connectivity index (χ2n) is 9.76. The Hall–Kier alpha value is -3.14. The van der Waals surface area contributed by atoms with Crippen molar-refractivity contribution < 1.29 is 23.2 Å². The molecule has 0 amide bonds. The molecular weight excluding hydrogens is 448 g/mol. The SMILES string of the molecule is [2H]C([2H])(C)c1cc2c(cc1N1C([2H])([2H])CC(N3C([2H])([2H])COCC3([2H])[2H])CC1([2H])[2H])C(C)(C)c1[nH]c3cc(C#N)ccc3c1C2=O. The number of hydrogen-bond acceptors (Lipinski definition) is 5. The highest BCUT2D eigenvalue weighted by molar-refractivity contribution is 6.20. The van der Waals surface area contributed by atoms with Crippen LogP contribution in [0.5, 0.6) is 0 Å². The third-order valence-electron chi connectivity index (χ3n) is 7.35. The Morgan fingerprint density at radius 3 is 2.64 bits per heavy atom. The third kappa shape index (κ3) is 3.56. The van der Waals surface area contributed by atoms with Crippen LogP contribution in [0, 0.1) is 11.3 Å². The number of morpholine rings is 1. The van der Waals surface area contributed by atoms with Crippen molar-refractivity contribution in [2.45, 2.75) is 51.4 Å². The molecule has 1 aromatic heterocycles. The van der Waals surface area contributed by atoms with E-state index in [0.29, 0.717) is 33.3 Å². The minimum absolute atomic E-state index is 0.0834. The van der Waals surface area contributed by atoms with Crippen LogP contribution in [0.1, 0.15) is 85.6 Å². The molecule has 6 rings (SSSR count). The highest BCUT2D eigenvalue weighted by Gasteiger charge is 2.40. The van der Waals surface area contributed by atoms with Gasteiger partial charge in [-0.15, -0.1) is 0 Å². The van der Waals surface area contributed by atoms with Crippen LogP contribution in [0.3, 0.4) is 0 Å². The second-order valence-corrected chi connectivity index (χ2v) is 9.76. The number of aromatic amines is 1. The highest BCUT2D eigenvalue weighted by Crippen LogP contribution is 2.46. The molecule has 6 nitrogen and oxygen atoms in total. The van der Waals surface area contributed by atoms with Gasteiger partial charge in [-0.05, 0) is 54.6 Å². The molecule has 0 atom stereocenters. The van der Waals surface area contributed by atoms with Gasteiger partial charge in [0.1, 0.15) is 0 Å². The molecule has 0 bridgehead atoms. The van der Waals surface area contributed by atoms with Gasteiger partial charge in [-0.1, -0.05) is 26.8 Å². The zero-order chi connectivity index (χ0) is 34.0. The Morgan fingerprint density at radius 2 is 1.94 bits per heavy atom. The van der Waals surface area contributed by atoms with E-state index in [1.165, 1.54) is 19.1 Å². The number of hydrogen-bond donors (Lipinski definition) is 1. The molecule has 186 valence electrons. The molecule has 0 radical (unpaired) electrons. The Morgan fingerprint density at radius 1 is 1.19 bits per heavy atom. The van der Waals surface area contributed by atoms with Gasteiger partial charge in [-0.2, -0.15) is 5.26 Å². The van der Waals surface area contributed by atoms with E-state index in [-0.39, 0.29) is 22.6 Å². The lowest BCUT2D eigenvalue weighted by molar-refractivity contribution is 0.0115. The normalized spacial score (nSPS) is 30.4. The Labute approximate surface area is 226 Å². The maximum atomic E-state index is 14.1. The van der Waals surface area contributed by atoms with Crippen LogP contribution in [-0.2, 0) is 16.5 Å². The average molecular weight is 493 g/mol. The molecule has 2 saturated heterocycles. The van der Waals surface area contributed by atoms with Gasteiger partial charge in [0.25, 0.3) is 0 Å². The van der Waals surface area contributed by atoms with Crippen LogP contribution in [0.4, 0.5) is 5.69 Å². The quantitative estimate of drug-likeness (QED) is 0.570. The number of carbonyl (C=O) groups excluding carboxylic acids is 1. The predicted molar refractivity (Wildman–Crippen MR) is 142 cm³/mol.